The van der Waals surface area contributed by atoms with E-state index in [0.29, 0.717) is 11.6 Å². The van der Waals surface area contributed by atoms with Gasteiger partial charge in [-0.15, -0.1) is 5.10 Å². The molecular formula is C15H18N4O4S2. The van der Waals surface area contributed by atoms with E-state index in [9.17, 15) is 13.2 Å². The fourth-order valence-corrected chi connectivity index (χ4v) is 4.82. The molecule has 1 fully saturated rings. The molecule has 2 heterocycles. The quantitative estimate of drug-likeness (QED) is 0.559. The van der Waals surface area contributed by atoms with Gasteiger partial charge in [-0.05, 0) is 47.9 Å². The number of nitrogens with zero attached hydrogens (tertiary/aromatic N) is 4. The SMILES string of the molecule is Cc1ccc(C)c(-n2nnnc2SCC(=O)O[C@@H]2CCS(=O)(=O)C2)c1. The number of carbonyl (C=O) groups is 1. The van der Waals surface area contributed by atoms with Crippen molar-refractivity contribution < 1.29 is 17.9 Å². The lowest BCUT2D eigenvalue weighted by atomic mass is 10.1. The van der Waals surface area contributed by atoms with E-state index in [1.54, 1.807) is 4.68 Å². The fraction of sp³-hybridized carbons (Fsp3) is 0.467. The highest BCUT2D eigenvalue weighted by Gasteiger charge is 2.30. The molecule has 1 aromatic carbocycles. The third-order valence-corrected chi connectivity index (χ3v) is 6.47. The second-order valence-electron chi connectivity index (χ2n) is 5.97. The van der Waals surface area contributed by atoms with Gasteiger partial charge in [-0.25, -0.2) is 8.42 Å². The maximum Gasteiger partial charge on any atom is 0.316 e. The van der Waals surface area contributed by atoms with Crippen molar-refractivity contribution in [3.05, 3.63) is 29.3 Å². The first-order chi connectivity index (χ1) is 11.8. The predicted octanol–water partition coefficient (Wildman–Crippen LogP) is 1.10. The Morgan fingerprint density at radius 1 is 1.40 bits per heavy atom. The molecule has 1 atom stereocenters. The maximum absolute atomic E-state index is 12.0. The monoisotopic (exact) mass is 382 g/mol. The molecule has 0 bridgehead atoms. The lowest BCUT2D eigenvalue weighted by Gasteiger charge is -2.10. The number of aromatic nitrogens is 4. The summed E-state index contributed by atoms with van der Waals surface area (Å²) in [6.45, 7) is 3.94. The summed E-state index contributed by atoms with van der Waals surface area (Å²) in [5.74, 6) is -0.475. The van der Waals surface area contributed by atoms with Gasteiger partial charge in [-0.1, -0.05) is 23.9 Å². The van der Waals surface area contributed by atoms with Gasteiger partial charge in [-0.2, -0.15) is 4.68 Å². The fourth-order valence-electron chi connectivity index (χ4n) is 2.56. The Hall–Kier alpha value is -1.94. The van der Waals surface area contributed by atoms with Gasteiger partial charge in [0.25, 0.3) is 0 Å². The van der Waals surface area contributed by atoms with Gasteiger partial charge in [0.1, 0.15) is 6.10 Å². The second kappa shape index (κ2) is 7.12. The number of thioether (sulfide) groups is 1. The van der Waals surface area contributed by atoms with Gasteiger partial charge in [0.2, 0.25) is 5.16 Å². The zero-order chi connectivity index (χ0) is 18.0. The number of esters is 1. The largest absolute Gasteiger partial charge is 0.461 e. The zero-order valence-corrected chi connectivity index (χ0v) is 15.5. The summed E-state index contributed by atoms with van der Waals surface area (Å²) in [5.41, 5.74) is 2.94. The molecule has 0 spiro atoms. The minimum atomic E-state index is -3.07. The lowest BCUT2D eigenvalue weighted by Crippen LogP contribution is -2.20. The van der Waals surface area contributed by atoms with Crippen LogP contribution < -0.4 is 0 Å². The van der Waals surface area contributed by atoms with E-state index >= 15 is 0 Å². The van der Waals surface area contributed by atoms with Crippen LogP contribution in [0.25, 0.3) is 5.69 Å². The first-order valence-electron chi connectivity index (χ1n) is 7.73. The van der Waals surface area contributed by atoms with Crippen LogP contribution >= 0.6 is 11.8 Å². The van der Waals surface area contributed by atoms with Crippen LogP contribution in [0.2, 0.25) is 0 Å². The highest BCUT2D eigenvalue weighted by atomic mass is 32.2. The average molecular weight is 382 g/mol. The van der Waals surface area contributed by atoms with Crippen molar-refractivity contribution in [2.75, 3.05) is 17.3 Å². The summed E-state index contributed by atoms with van der Waals surface area (Å²) in [7, 11) is -3.07. The first-order valence-corrected chi connectivity index (χ1v) is 10.5. The van der Waals surface area contributed by atoms with Crippen LogP contribution in [0.1, 0.15) is 17.5 Å². The van der Waals surface area contributed by atoms with Crippen LogP contribution in [0.4, 0.5) is 0 Å². The van der Waals surface area contributed by atoms with Gasteiger partial charge in [0, 0.05) is 0 Å². The van der Waals surface area contributed by atoms with E-state index in [4.69, 9.17) is 4.74 Å². The molecule has 0 unspecified atom stereocenters. The van der Waals surface area contributed by atoms with Crippen molar-refractivity contribution in [3.63, 3.8) is 0 Å². The summed E-state index contributed by atoms with van der Waals surface area (Å²) >= 11 is 1.16. The number of ether oxygens (including phenoxy) is 1. The number of aryl methyl sites for hydroxylation is 2. The molecule has 0 saturated carbocycles. The standard InChI is InChI=1S/C15H18N4O4S2/c1-10-3-4-11(2)13(7-10)19-15(16-17-18-19)24-8-14(20)23-12-5-6-25(21,22)9-12/h3-4,7,12H,5-6,8-9H2,1-2H3/t12-/m1/s1. The minimum Gasteiger partial charge on any atom is -0.461 e. The zero-order valence-electron chi connectivity index (χ0n) is 13.9. The van der Waals surface area contributed by atoms with Crippen LogP contribution in [0, 0.1) is 13.8 Å². The summed E-state index contributed by atoms with van der Waals surface area (Å²) in [6, 6.07) is 5.95. The van der Waals surface area contributed by atoms with E-state index in [1.165, 1.54) is 0 Å². The molecule has 8 nitrogen and oxygen atoms in total. The molecular weight excluding hydrogens is 364 g/mol. The smallest absolute Gasteiger partial charge is 0.316 e. The van der Waals surface area contributed by atoms with Crippen molar-refractivity contribution in [3.8, 4) is 5.69 Å². The van der Waals surface area contributed by atoms with Crippen LogP contribution in [-0.2, 0) is 19.4 Å². The molecule has 1 saturated heterocycles. The Kier molecular flexibility index (Phi) is 5.09. The van der Waals surface area contributed by atoms with Crippen molar-refractivity contribution in [1.82, 2.24) is 20.2 Å². The Morgan fingerprint density at radius 3 is 2.92 bits per heavy atom. The molecule has 0 amide bonds. The topological polar surface area (TPSA) is 104 Å². The highest BCUT2D eigenvalue weighted by Crippen LogP contribution is 2.22. The lowest BCUT2D eigenvalue weighted by molar-refractivity contribution is -0.144. The maximum atomic E-state index is 12.0. The van der Waals surface area contributed by atoms with Crippen molar-refractivity contribution in [2.24, 2.45) is 0 Å². The number of hydrogen-bond donors (Lipinski definition) is 0. The summed E-state index contributed by atoms with van der Waals surface area (Å²) in [4.78, 5) is 12.0. The van der Waals surface area contributed by atoms with E-state index < -0.39 is 21.9 Å². The number of sulfone groups is 1. The molecule has 134 valence electrons. The molecule has 25 heavy (non-hydrogen) atoms. The summed E-state index contributed by atoms with van der Waals surface area (Å²) in [5, 5.41) is 12.1. The summed E-state index contributed by atoms with van der Waals surface area (Å²) in [6.07, 6.45) is -0.188. The van der Waals surface area contributed by atoms with Crippen LogP contribution in [0.5, 0.6) is 0 Å². The molecule has 3 rings (SSSR count). The molecule has 0 aliphatic carbocycles. The first kappa shape index (κ1) is 17.9. The molecule has 2 aromatic rings. The minimum absolute atomic E-state index is 0.0157. The van der Waals surface area contributed by atoms with E-state index in [2.05, 4.69) is 15.5 Å². The van der Waals surface area contributed by atoms with Crippen molar-refractivity contribution >= 4 is 27.6 Å². The Bertz CT molecular complexity index is 895. The van der Waals surface area contributed by atoms with Crippen LogP contribution in [0.3, 0.4) is 0 Å². The van der Waals surface area contributed by atoms with Crippen molar-refractivity contribution in [1.29, 1.82) is 0 Å². The Labute approximate surface area is 149 Å². The van der Waals surface area contributed by atoms with Crippen LogP contribution in [-0.4, -0.2) is 58.0 Å². The van der Waals surface area contributed by atoms with E-state index in [-0.39, 0.29) is 17.3 Å². The molecule has 0 radical (unpaired) electrons. The number of hydrogen-bond acceptors (Lipinski definition) is 8. The number of rotatable bonds is 5. The van der Waals surface area contributed by atoms with Gasteiger partial charge in [-0.3, -0.25) is 4.79 Å². The second-order valence-corrected chi connectivity index (χ2v) is 9.14. The molecule has 10 heteroatoms. The van der Waals surface area contributed by atoms with Gasteiger partial charge >= 0.3 is 5.97 Å². The normalized spacial score (nSPS) is 19.0. The van der Waals surface area contributed by atoms with Gasteiger partial charge < -0.3 is 4.74 Å². The third-order valence-electron chi connectivity index (χ3n) is 3.84. The van der Waals surface area contributed by atoms with E-state index in [0.717, 1.165) is 28.6 Å². The predicted molar refractivity (Wildman–Crippen MR) is 92.5 cm³/mol. The van der Waals surface area contributed by atoms with Gasteiger partial charge in [0.05, 0.1) is 22.9 Å². The highest BCUT2D eigenvalue weighted by molar-refractivity contribution is 7.99. The average Bonchev–Trinajstić information content (AvgIpc) is 3.14. The Morgan fingerprint density at radius 2 is 2.20 bits per heavy atom. The van der Waals surface area contributed by atoms with Crippen molar-refractivity contribution in [2.45, 2.75) is 31.5 Å². The summed E-state index contributed by atoms with van der Waals surface area (Å²) < 4.78 is 29.6. The van der Waals surface area contributed by atoms with E-state index in [1.807, 2.05) is 32.0 Å². The number of carbonyl (C=O) groups excluding carboxylic acids is 1. The molecule has 0 N–H and O–H groups in total. The third kappa shape index (κ3) is 4.37. The molecule has 1 aromatic heterocycles. The molecule has 1 aliphatic rings. The number of tetrazole rings is 1. The van der Waals surface area contributed by atoms with Crippen LogP contribution in [0.15, 0.2) is 23.4 Å². The molecule has 1 aliphatic heterocycles. The van der Waals surface area contributed by atoms with Gasteiger partial charge in [0.15, 0.2) is 9.84 Å². The number of benzene rings is 1. The Balaban J connectivity index is 1.64.